The molecule has 1 N–H and O–H groups in total. The van der Waals surface area contributed by atoms with Gasteiger partial charge in [0.1, 0.15) is 11.9 Å². The number of aryl methyl sites for hydroxylation is 2. The number of hydrogen-bond donors (Lipinski definition) is 1. The Morgan fingerprint density at radius 1 is 1.50 bits per heavy atom. The van der Waals surface area contributed by atoms with E-state index in [1.54, 1.807) is 11.8 Å². The normalized spacial score (nSPS) is 21.8. The fourth-order valence-electron chi connectivity index (χ4n) is 2.41. The van der Waals surface area contributed by atoms with Gasteiger partial charge in [-0.25, -0.2) is 0 Å². The summed E-state index contributed by atoms with van der Waals surface area (Å²) in [6.07, 6.45) is 3.17. The SMILES string of the molecule is CSCCC(=O)NC1CCOCC1OCc1c(C)noc1C. The van der Waals surface area contributed by atoms with Crippen LogP contribution in [-0.4, -0.2) is 48.4 Å². The highest BCUT2D eigenvalue weighted by molar-refractivity contribution is 7.98. The van der Waals surface area contributed by atoms with E-state index in [-0.39, 0.29) is 18.1 Å². The number of thioether (sulfide) groups is 1. The molecule has 1 saturated heterocycles. The van der Waals surface area contributed by atoms with Crippen molar-refractivity contribution >= 4 is 17.7 Å². The summed E-state index contributed by atoms with van der Waals surface area (Å²) >= 11 is 1.67. The zero-order chi connectivity index (χ0) is 15.9. The van der Waals surface area contributed by atoms with Gasteiger partial charge in [0.05, 0.1) is 24.9 Å². The molecule has 2 atom stereocenters. The lowest BCUT2D eigenvalue weighted by Crippen LogP contribution is -2.50. The Bertz CT molecular complexity index is 472. The van der Waals surface area contributed by atoms with Crippen LogP contribution in [0.2, 0.25) is 0 Å². The molecule has 7 heteroatoms. The Morgan fingerprint density at radius 2 is 2.32 bits per heavy atom. The first kappa shape index (κ1) is 17.3. The molecular formula is C15H24N2O4S. The van der Waals surface area contributed by atoms with Crippen LogP contribution in [0.15, 0.2) is 4.52 Å². The van der Waals surface area contributed by atoms with E-state index in [9.17, 15) is 4.79 Å². The van der Waals surface area contributed by atoms with Crippen molar-refractivity contribution in [3.05, 3.63) is 17.0 Å². The van der Waals surface area contributed by atoms with Crippen molar-refractivity contribution in [3.63, 3.8) is 0 Å². The van der Waals surface area contributed by atoms with Crippen LogP contribution in [0.3, 0.4) is 0 Å². The lowest BCUT2D eigenvalue weighted by Gasteiger charge is -2.32. The zero-order valence-electron chi connectivity index (χ0n) is 13.4. The van der Waals surface area contributed by atoms with Gasteiger partial charge < -0.3 is 19.3 Å². The molecule has 0 bridgehead atoms. The number of rotatable bonds is 7. The van der Waals surface area contributed by atoms with E-state index in [4.69, 9.17) is 14.0 Å². The van der Waals surface area contributed by atoms with Crippen molar-refractivity contribution in [2.45, 2.75) is 45.4 Å². The number of aromatic nitrogens is 1. The minimum Gasteiger partial charge on any atom is -0.379 e. The monoisotopic (exact) mass is 328 g/mol. The third-order valence-electron chi connectivity index (χ3n) is 3.81. The minimum atomic E-state index is -0.138. The summed E-state index contributed by atoms with van der Waals surface area (Å²) in [4.78, 5) is 11.9. The first-order valence-electron chi connectivity index (χ1n) is 7.51. The molecule has 22 heavy (non-hydrogen) atoms. The van der Waals surface area contributed by atoms with E-state index in [1.807, 2.05) is 20.1 Å². The summed E-state index contributed by atoms with van der Waals surface area (Å²) in [7, 11) is 0. The summed E-state index contributed by atoms with van der Waals surface area (Å²) < 4.78 is 16.6. The highest BCUT2D eigenvalue weighted by Crippen LogP contribution is 2.18. The third kappa shape index (κ3) is 4.72. The van der Waals surface area contributed by atoms with E-state index in [0.29, 0.717) is 26.2 Å². The highest BCUT2D eigenvalue weighted by atomic mass is 32.2. The number of ether oxygens (including phenoxy) is 2. The molecule has 0 radical (unpaired) electrons. The number of amides is 1. The van der Waals surface area contributed by atoms with Crippen LogP contribution in [0.5, 0.6) is 0 Å². The van der Waals surface area contributed by atoms with E-state index in [1.165, 1.54) is 0 Å². The first-order valence-corrected chi connectivity index (χ1v) is 8.90. The topological polar surface area (TPSA) is 73.6 Å². The molecule has 124 valence electrons. The number of nitrogens with one attached hydrogen (secondary N) is 1. The minimum absolute atomic E-state index is 0.00331. The van der Waals surface area contributed by atoms with E-state index in [0.717, 1.165) is 29.2 Å². The third-order valence-corrected chi connectivity index (χ3v) is 4.42. The Labute approximate surface area is 135 Å². The fourth-order valence-corrected chi connectivity index (χ4v) is 2.80. The largest absolute Gasteiger partial charge is 0.379 e. The summed E-state index contributed by atoms with van der Waals surface area (Å²) in [6, 6.07) is 0.00331. The molecule has 1 aliphatic rings. The van der Waals surface area contributed by atoms with Gasteiger partial charge in [-0.15, -0.1) is 0 Å². The second kappa shape index (κ2) is 8.55. The fraction of sp³-hybridized carbons (Fsp3) is 0.733. The van der Waals surface area contributed by atoms with Gasteiger partial charge in [-0.3, -0.25) is 4.79 Å². The molecular weight excluding hydrogens is 304 g/mol. The Hall–Kier alpha value is -1.05. The molecule has 6 nitrogen and oxygen atoms in total. The van der Waals surface area contributed by atoms with Gasteiger partial charge >= 0.3 is 0 Å². The van der Waals surface area contributed by atoms with Gasteiger partial charge in [-0.2, -0.15) is 11.8 Å². The molecule has 2 unspecified atom stereocenters. The molecule has 1 amide bonds. The quantitative estimate of drug-likeness (QED) is 0.823. The summed E-state index contributed by atoms with van der Waals surface area (Å²) in [5, 5.41) is 6.99. The van der Waals surface area contributed by atoms with Crippen LogP contribution in [-0.2, 0) is 20.9 Å². The maximum absolute atomic E-state index is 11.9. The van der Waals surface area contributed by atoms with E-state index < -0.39 is 0 Å². The van der Waals surface area contributed by atoms with E-state index in [2.05, 4.69) is 10.5 Å². The smallest absolute Gasteiger partial charge is 0.221 e. The van der Waals surface area contributed by atoms with Crippen molar-refractivity contribution in [3.8, 4) is 0 Å². The lowest BCUT2D eigenvalue weighted by atomic mass is 10.1. The second-order valence-corrected chi connectivity index (χ2v) is 6.42. The van der Waals surface area contributed by atoms with Crippen LogP contribution in [0.1, 0.15) is 29.9 Å². The van der Waals surface area contributed by atoms with Crippen molar-refractivity contribution in [2.75, 3.05) is 25.2 Å². The molecule has 1 fully saturated rings. The van der Waals surface area contributed by atoms with Crippen molar-refractivity contribution in [1.82, 2.24) is 10.5 Å². The summed E-state index contributed by atoms with van der Waals surface area (Å²) in [5.41, 5.74) is 1.81. The molecule has 1 aromatic rings. The van der Waals surface area contributed by atoms with Crippen LogP contribution in [0, 0.1) is 13.8 Å². The standard InChI is InChI=1S/C15H24N2O4S/c1-10-12(11(2)21-17-10)8-20-14-9-19-6-4-13(14)16-15(18)5-7-22-3/h13-14H,4-9H2,1-3H3,(H,16,18). The number of nitrogens with zero attached hydrogens (tertiary/aromatic N) is 1. The van der Waals surface area contributed by atoms with Crippen molar-refractivity contribution < 1.29 is 18.8 Å². The average Bonchev–Trinajstić information content (AvgIpc) is 2.83. The van der Waals surface area contributed by atoms with Gasteiger partial charge in [-0.05, 0) is 26.5 Å². The summed E-state index contributed by atoms with van der Waals surface area (Å²) in [6.45, 7) is 5.34. The van der Waals surface area contributed by atoms with Gasteiger partial charge in [0, 0.05) is 24.3 Å². The van der Waals surface area contributed by atoms with Gasteiger partial charge in [-0.1, -0.05) is 5.16 Å². The van der Waals surface area contributed by atoms with Gasteiger partial charge in [0.15, 0.2) is 0 Å². The maximum Gasteiger partial charge on any atom is 0.221 e. The molecule has 2 heterocycles. The Morgan fingerprint density at radius 3 is 3.00 bits per heavy atom. The Balaban J connectivity index is 1.88. The average molecular weight is 328 g/mol. The number of carbonyl (C=O) groups is 1. The predicted molar refractivity (Wildman–Crippen MR) is 84.9 cm³/mol. The number of carbonyl (C=O) groups excluding carboxylic acids is 1. The molecule has 1 aromatic heterocycles. The highest BCUT2D eigenvalue weighted by Gasteiger charge is 2.28. The van der Waals surface area contributed by atoms with Crippen molar-refractivity contribution in [2.24, 2.45) is 0 Å². The lowest BCUT2D eigenvalue weighted by molar-refractivity contribution is -0.126. The van der Waals surface area contributed by atoms with Crippen LogP contribution < -0.4 is 5.32 Å². The molecule has 0 saturated carbocycles. The predicted octanol–water partition coefficient (Wildman–Crippen LogP) is 1.83. The van der Waals surface area contributed by atoms with Crippen LogP contribution in [0.4, 0.5) is 0 Å². The van der Waals surface area contributed by atoms with Crippen molar-refractivity contribution in [1.29, 1.82) is 0 Å². The molecule has 0 aliphatic carbocycles. The molecule has 0 aromatic carbocycles. The summed E-state index contributed by atoms with van der Waals surface area (Å²) in [5.74, 6) is 1.68. The van der Waals surface area contributed by atoms with Crippen LogP contribution in [0.25, 0.3) is 0 Å². The van der Waals surface area contributed by atoms with Gasteiger partial charge in [0.25, 0.3) is 0 Å². The first-order chi connectivity index (χ1) is 10.6. The molecule has 0 spiro atoms. The van der Waals surface area contributed by atoms with E-state index >= 15 is 0 Å². The van der Waals surface area contributed by atoms with Gasteiger partial charge in [0.2, 0.25) is 5.91 Å². The van der Waals surface area contributed by atoms with Crippen LogP contribution >= 0.6 is 11.8 Å². The number of hydrogen-bond acceptors (Lipinski definition) is 6. The zero-order valence-corrected chi connectivity index (χ0v) is 14.2. The molecule has 1 aliphatic heterocycles. The maximum atomic E-state index is 11.9. The molecule has 2 rings (SSSR count). The second-order valence-electron chi connectivity index (χ2n) is 5.43. The Kier molecular flexibility index (Phi) is 6.72.